The Balaban J connectivity index is 1.30. The van der Waals surface area contributed by atoms with Crippen molar-refractivity contribution in [2.24, 2.45) is 11.8 Å². The second-order valence-corrected chi connectivity index (χ2v) is 8.82. The Morgan fingerprint density at radius 2 is 1.68 bits per heavy atom. The molecular formula is C26H33NO. The van der Waals surface area contributed by atoms with E-state index < -0.39 is 5.60 Å². The molecule has 0 saturated heterocycles. The van der Waals surface area contributed by atoms with Gasteiger partial charge in [-0.1, -0.05) is 66.7 Å². The number of rotatable bonds is 8. The Kier molecular flexibility index (Phi) is 5.99. The number of allylic oxidation sites excluding steroid dienone is 1. The summed E-state index contributed by atoms with van der Waals surface area (Å²) in [4.78, 5) is 2.39. The molecule has 2 bridgehead atoms. The van der Waals surface area contributed by atoms with E-state index in [2.05, 4.69) is 78.7 Å². The van der Waals surface area contributed by atoms with E-state index in [0.29, 0.717) is 11.8 Å². The van der Waals surface area contributed by atoms with Crippen LogP contribution < -0.4 is 0 Å². The van der Waals surface area contributed by atoms with E-state index >= 15 is 0 Å². The minimum Gasteiger partial charge on any atom is -0.389 e. The van der Waals surface area contributed by atoms with Gasteiger partial charge in [-0.2, -0.15) is 0 Å². The zero-order valence-electron chi connectivity index (χ0n) is 17.1. The standard InChI is InChI=1S/C26H33NO/c1-27(17-8-11-21-9-4-2-5-10-21)18-16-26(28)20-23-14-15-24(26)19-25(23)22-12-6-3-7-13-22/h2-7,9-10,12-13,19,23-24,28H,8,11,14-18,20H2,1H3/t23-,24-,26+/m0/s1. The topological polar surface area (TPSA) is 23.5 Å². The highest BCUT2D eigenvalue weighted by atomic mass is 16.3. The summed E-state index contributed by atoms with van der Waals surface area (Å²) in [5.74, 6) is 0.825. The molecule has 3 aliphatic carbocycles. The third-order valence-electron chi connectivity index (χ3n) is 6.82. The van der Waals surface area contributed by atoms with Crippen LogP contribution in [0.5, 0.6) is 0 Å². The van der Waals surface area contributed by atoms with Crippen LogP contribution in [0.25, 0.3) is 5.57 Å². The summed E-state index contributed by atoms with van der Waals surface area (Å²) in [5.41, 5.74) is 3.71. The Morgan fingerprint density at radius 3 is 2.36 bits per heavy atom. The second-order valence-electron chi connectivity index (χ2n) is 8.82. The Bertz CT molecular complexity index is 785. The average molecular weight is 376 g/mol. The third-order valence-corrected chi connectivity index (χ3v) is 6.82. The Morgan fingerprint density at radius 1 is 0.964 bits per heavy atom. The van der Waals surface area contributed by atoms with Gasteiger partial charge in [-0.25, -0.2) is 0 Å². The van der Waals surface area contributed by atoms with E-state index in [-0.39, 0.29) is 0 Å². The van der Waals surface area contributed by atoms with Gasteiger partial charge in [-0.05, 0) is 74.7 Å². The summed E-state index contributed by atoms with van der Waals surface area (Å²) < 4.78 is 0. The fourth-order valence-electron chi connectivity index (χ4n) is 5.13. The number of hydrogen-bond acceptors (Lipinski definition) is 2. The monoisotopic (exact) mass is 375 g/mol. The van der Waals surface area contributed by atoms with E-state index in [1.807, 2.05) is 0 Å². The van der Waals surface area contributed by atoms with Crippen LogP contribution in [0.2, 0.25) is 0 Å². The first kappa shape index (κ1) is 19.4. The summed E-state index contributed by atoms with van der Waals surface area (Å²) in [7, 11) is 2.20. The lowest BCUT2D eigenvalue weighted by Gasteiger charge is -2.48. The van der Waals surface area contributed by atoms with Gasteiger partial charge in [0.15, 0.2) is 0 Å². The lowest BCUT2D eigenvalue weighted by atomic mass is 9.61. The summed E-state index contributed by atoms with van der Waals surface area (Å²) in [5, 5.41) is 11.4. The molecule has 1 N–H and O–H groups in total. The van der Waals surface area contributed by atoms with Crippen molar-refractivity contribution in [3.05, 3.63) is 77.9 Å². The fraction of sp³-hybridized carbons (Fsp3) is 0.462. The predicted octanol–water partition coefficient (Wildman–Crippen LogP) is 5.19. The van der Waals surface area contributed by atoms with Gasteiger partial charge in [-0.15, -0.1) is 0 Å². The van der Waals surface area contributed by atoms with E-state index in [1.165, 1.54) is 29.5 Å². The highest BCUT2D eigenvalue weighted by Gasteiger charge is 2.46. The summed E-state index contributed by atoms with van der Waals surface area (Å²) in [6.45, 7) is 2.06. The Labute approximate surface area is 169 Å². The Hall–Kier alpha value is -1.90. The number of nitrogens with zero attached hydrogens (tertiary/aromatic N) is 1. The average Bonchev–Trinajstić information content (AvgIpc) is 2.74. The molecule has 0 radical (unpaired) electrons. The van der Waals surface area contributed by atoms with Crippen molar-refractivity contribution in [2.45, 2.75) is 44.1 Å². The van der Waals surface area contributed by atoms with Gasteiger partial charge in [0.25, 0.3) is 0 Å². The maximum absolute atomic E-state index is 11.4. The molecule has 148 valence electrons. The van der Waals surface area contributed by atoms with Crippen molar-refractivity contribution >= 4 is 5.57 Å². The van der Waals surface area contributed by atoms with Crippen molar-refractivity contribution in [3.63, 3.8) is 0 Å². The molecule has 2 nitrogen and oxygen atoms in total. The van der Waals surface area contributed by atoms with Crippen LogP contribution in [0.3, 0.4) is 0 Å². The molecule has 2 heteroatoms. The van der Waals surface area contributed by atoms with E-state index in [0.717, 1.165) is 38.8 Å². The largest absolute Gasteiger partial charge is 0.389 e. The molecule has 3 aliphatic rings. The van der Waals surface area contributed by atoms with Crippen LogP contribution >= 0.6 is 0 Å². The van der Waals surface area contributed by atoms with E-state index in [9.17, 15) is 5.11 Å². The first-order chi connectivity index (χ1) is 13.6. The van der Waals surface area contributed by atoms with Gasteiger partial charge < -0.3 is 10.0 Å². The second kappa shape index (κ2) is 8.63. The number of aliphatic hydroxyl groups is 1. The van der Waals surface area contributed by atoms with Crippen LogP contribution in [0.15, 0.2) is 66.7 Å². The van der Waals surface area contributed by atoms with E-state index in [1.54, 1.807) is 0 Å². The molecule has 0 amide bonds. The highest BCUT2D eigenvalue weighted by Crippen LogP contribution is 2.51. The van der Waals surface area contributed by atoms with Crippen molar-refractivity contribution in [2.75, 3.05) is 20.1 Å². The van der Waals surface area contributed by atoms with Gasteiger partial charge in [0.2, 0.25) is 0 Å². The summed E-state index contributed by atoms with van der Waals surface area (Å²) in [6, 6.07) is 21.5. The molecule has 0 heterocycles. The molecule has 5 rings (SSSR count). The van der Waals surface area contributed by atoms with Crippen LogP contribution in [-0.2, 0) is 6.42 Å². The van der Waals surface area contributed by atoms with Gasteiger partial charge in [0, 0.05) is 12.5 Å². The van der Waals surface area contributed by atoms with Crippen molar-refractivity contribution < 1.29 is 5.11 Å². The summed E-state index contributed by atoms with van der Waals surface area (Å²) in [6.07, 6.45) is 8.86. The van der Waals surface area contributed by atoms with Crippen LogP contribution in [0.4, 0.5) is 0 Å². The molecule has 0 unspecified atom stereocenters. The molecule has 0 aromatic heterocycles. The highest BCUT2D eigenvalue weighted by molar-refractivity contribution is 5.69. The molecular weight excluding hydrogens is 342 g/mol. The molecule has 0 spiro atoms. The van der Waals surface area contributed by atoms with Crippen molar-refractivity contribution in [1.29, 1.82) is 0 Å². The smallest absolute Gasteiger partial charge is 0.0728 e. The minimum atomic E-state index is -0.519. The van der Waals surface area contributed by atoms with Crippen LogP contribution in [0, 0.1) is 11.8 Å². The van der Waals surface area contributed by atoms with E-state index in [4.69, 9.17) is 0 Å². The molecule has 0 aliphatic heterocycles. The fourth-order valence-corrected chi connectivity index (χ4v) is 5.13. The van der Waals surface area contributed by atoms with Crippen molar-refractivity contribution in [1.82, 2.24) is 4.90 Å². The lowest BCUT2D eigenvalue weighted by Crippen LogP contribution is -2.48. The van der Waals surface area contributed by atoms with Crippen LogP contribution in [0.1, 0.15) is 43.2 Å². The van der Waals surface area contributed by atoms with Gasteiger partial charge in [-0.3, -0.25) is 0 Å². The SMILES string of the molecule is CN(CCCc1ccccc1)CC[C@@]1(O)C[C@@H]2CC[C@H]1C=C2c1ccccc1. The molecule has 2 aromatic rings. The van der Waals surface area contributed by atoms with Crippen molar-refractivity contribution in [3.8, 4) is 0 Å². The van der Waals surface area contributed by atoms with Gasteiger partial charge >= 0.3 is 0 Å². The molecule has 2 aromatic carbocycles. The number of hydrogen-bond donors (Lipinski definition) is 1. The minimum absolute atomic E-state index is 0.311. The molecule has 1 saturated carbocycles. The van der Waals surface area contributed by atoms with Gasteiger partial charge in [0.1, 0.15) is 0 Å². The number of fused-ring (bicyclic) bond motifs is 2. The maximum Gasteiger partial charge on any atom is 0.0728 e. The zero-order valence-corrected chi connectivity index (χ0v) is 17.1. The normalized spacial score (nSPS) is 26.5. The van der Waals surface area contributed by atoms with Crippen LogP contribution in [-0.4, -0.2) is 35.7 Å². The molecule has 28 heavy (non-hydrogen) atoms. The predicted molar refractivity (Wildman–Crippen MR) is 117 cm³/mol. The quantitative estimate of drug-likeness (QED) is 0.687. The zero-order chi connectivity index (χ0) is 19.4. The lowest BCUT2D eigenvalue weighted by molar-refractivity contribution is -0.0574. The first-order valence-corrected chi connectivity index (χ1v) is 10.9. The third kappa shape index (κ3) is 4.39. The molecule has 3 atom stereocenters. The summed E-state index contributed by atoms with van der Waals surface area (Å²) >= 11 is 0. The number of benzene rings is 2. The first-order valence-electron chi connectivity index (χ1n) is 10.9. The molecule has 1 fully saturated rings. The maximum atomic E-state index is 11.4. The number of aryl methyl sites for hydroxylation is 1. The van der Waals surface area contributed by atoms with Gasteiger partial charge in [0.05, 0.1) is 5.60 Å².